The van der Waals surface area contributed by atoms with Crippen LogP contribution in [-0.4, -0.2) is 52.6 Å². The van der Waals surface area contributed by atoms with Crippen molar-refractivity contribution in [2.75, 3.05) is 34.5 Å². The molecule has 0 heterocycles. The van der Waals surface area contributed by atoms with Crippen LogP contribution in [0.2, 0.25) is 0 Å². The first kappa shape index (κ1) is 26.9. The molecule has 0 spiro atoms. The maximum absolute atomic E-state index is 12.9. The summed E-state index contributed by atoms with van der Waals surface area (Å²) in [6.45, 7) is 1.96. The van der Waals surface area contributed by atoms with Gasteiger partial charge in [0.2, 0.25) is 5.75 Å². The van der Waals surface area contributed by atoms with Gasteiger partial charge >= 0.3 is 5.97 Å². The van der Waals surface area contributed by atoms with E-state index < -0.39 is 11.9 Å². The molecule has 1 amide bonds. The molecular weight excluding hydrogens is 480 g/mol. The zero-order chi connectivity index (χ0) is 26.6. The Balaban J connectivity index is 1.68. The Bertz CT molecular complexity index is 1220. The topological polar surface area (TPSA) is 114 Å². The molecule has 0 radical (unpaired) electrons. The maximum atomic E-state index is 12.9. The fraction of sp³-hybridized carbons (Fsp3) is 0.222. The van der Waals surface area contributed by atoms with Crippen molar-refractivity contribution in [3.8, 4) is 34.5 Å². The molecule has 0 fully saturated rings. The molecule has 194 valence electrons. The lowest BCUT2D eigenvalue weighted by Crippen LogP contribution is -2.24. The van der Waals surface area contributed by atoms with Gasteiger partial charge in [-0.25, -0.2) is 10.2 Å². The number of rotatable bonds is 12. The molecule has 0 bridgehead atoms. The summed E-state index contributed by atoms with van der Waals surface area (Å²) in [7, 11) is 4.39. The van der Waals surface area contributed by atoms with Crippen LogP contribution in [0.15, 0.2) is 65.8 Å². The van der Waals surface area contributed by atoms with Crippen molar-refractivity contribution >= 4 is 18.1 Å². The predicted molar refractivity (Wildman–Crippen MR) is 136 cm³/mol. The van der Waals surface area contributed by atoms with E-state index in [0.29, 0.717) is 40.9 Å². The third-order valence-electron chi connectivity index (χ3n) is 4.89. The van der Waals surface area contributed by atoms with Crippen LogP contribution in [0.4, 0.5) is 0 Å². The van der Waals surface area contributed by atoms with Crippen molar-refractivity contribution in [2.24, 2.45) is 5.10 Å². The minimum absolute atomic E-state index is 0.179. The molecule has 0 atom stereocenters. The van der Waals surface area contributed by atoms with Gasteiger partial charge in [0.25, 0.3) is 5.91 Å². The fourth-order valence-electron chi connectivity index (χ4n) is 3.19. The molecule has 0 saturated heterocycles. The SMILES string of the molecule is CCOc1cc(/C=N/NC(=O)COc2ccccc2)ccc1OC(=O)c1cc(OC)c(OC)c(OC)c1. The summed E-state index contributed by atoms with van der Waals surface area (Å²) >= 11 is 0. The van der Waals surface area contributed by atoms with Crippen molar-refractivity contribution < 1.29 is 38.0 Å². The van der Waals surface area contributed by atoms with E-state index in [0.717, 1.165) is 0 Å². The van der Waals surface area contributed by atoms with Gasteiger partial charge in [-0.05, 0) is 55.0 Å². The number of para-hydroxylation sites is 1. The molecule has 10 nitrogen and oxygen atoms in total. The lowest BCUT2D eigenvalue weighted by molar-refractivity contribution is -0.123. The van der Waals surface area contributed by atoms with Gasteiger partial charge in [-0.1, -0.05) is 18.2 Å². The highest BCUT2D eigenvalue weighted by Crippen LogP contribution is 2.38. The Morgan fingerprint density at radius 2 is 1.54 bits per heavy atom. The predicted octanol–water partition coefficient (Wildman–Crippen LogP) is 3.86. The fourth-order valence-corrected chi connectivity index (χ4v) is 3.19. The summed E-state index contributed by atoms with van der Waals surface area (Å²) < 4.78 is 32.5. The Morgan fingerprint density at radius 1 is 0.838 bits per heavy atom. The minimum Gasteiger partial charge on any atom is -0.493 e. The van der Waals surface area contributed by atoms with Gasteiger partial charge in [0.15, 0.2) is 29.6 Å². The molecule has 1 N–H and O–H groups in total. The number of methoxy groups -OCH3 is 3. The average Bonchev–Trinajstić information content (AvgIpc) is 2.93. The quantitative estimate of drug-likeness (QED) is 0.170. The van der Waals surface area contributed by atoms with E-state index in [4.69, 9.17) is 28.4 Å². The number of carbonyl (C=O) groups excluding carboxylic acids is 2. The number of amides is 1. The molecule has 0 aliphatic carbocycles. The molecule has 0 aliphatic heterocycles. The molecule has 0 aromatic heterocycles. The summed E-state index contributed by atoms with van der Waals surface area (Å²) in [5, 5.41) is 3.94. The van der Waals surface area contributed by atoms with Crippen LogP contribution >= 0.6 is 0 Å². The summed E-state index contributed by atoms with van der Waals surface area (Å²) in [6, 6.07) is 16.8. The van der Waals surface area contributed by atoms with Crippen molar-refractivity contribution in [1.29, 1.82) is 0 Å². The first-order valence-electron chi connectivity index (χ1n) is 11.3. The molecule has 0 saturated carbocycles. The average molecular weight is 509 g/mol. The second kappa shape index (κ2) is 13.4. The number of hydrogen-bond donors (Lipinski definition) is 1. The van der Waals surface area contributed by atoms with Crippen molar-refractivity contribution in [3.05, 3.63) is 71.8 Å². The van der Waals surface area contributed by atoms with Gasteiger partial charge in [0.05, 0.1) is 39.7 Å². The number of esters is 1. The number of carbonyl (C=O) groups is 2. The number of hydrogen-bond acceptors (Lipinski definition) is 9. The van der Waals surface area contributed by atoms with E-state index in [9.17, 15) is 9.59 Å². The van der Waals surface area contributed by atoms with Gasteiger partial charge in [0, 0.05) is 0 Å². The van der Waals surface area contributed by atoms with E-state index in [1.165, 1.54) is 39.7 Å². The summed E-state index contributed by atoms with van der Waals surface area (Å²) in [5.74, 6) is 1.05. The van der Waals surface area contributed by atoms with Gasteiger partial charge in [-0.15, -0.1) is 0 Å². The minimum atomic E-state index is -0.646. The smallest absolute Gasteiger partial charge is 0.343 e. The van der Waals surface area contributed by atoms with E-state index in [1.807, 2.05) is 18.2 Å². The second-order valence-corrected chi connectivity index (χ2v) is 7.34. The van der Waals surface area contributed by atoms with Crippen molar-refractivity contribution in [3.63, 3.8) is 0 Å². The van der Waals surface area contributed by atoms with Crippen LogP contribution in [0.25, 0.3) is 0 Å². The second-order valence-electron chi connectivity index (χ2n) is 7.34. The van der Waals surface area contributed by atoms with E-state index in [2.05, 4.69) is 10.5 Å². The van der Waals surface area contributed by atoms with Gasteiger partial charge in [-0.3, -0.25) is 4.79 Å². The van der Waals surface area contributed by atoms with Crippen LogP contribution in [0, 0.1) is 0 Å². The first-order valence-corrected chi connectivity index (χ1v) is 11.3. The standard InChI is InChI=1S/C27H28N2O8/c1-5-35-22-13-18(16-28-29-25(30)17-36-20-9-7-6-8-10-20)11-12-21(22)37-27(31)19-14-23(32-2)26(34-4)24(15-19)33-3/h6-16H,5,17H2,1-4H3,(H,29,30)/b28-16+. The molecule has 37 heavy (non-hydrogen) atoms. The largest absolute Gasteiger partial charge is 0.493 e. The van der Waals surface area contributed by atoms with Crippen LogP contribution in [0.3, 0.4) is 0 Å². The highest BCUT2D eigenvalue weighted by Gasteiger charge is 2.20. The van der Waals surface area contributed by atoms with Crippen LogP contribution < -0.4 is 33.8 Å². The molecule has 0 aliphatic rings. The molecule has 3 rings (SSSR count). The maximum Gasteiger partial charge on any atom is 0.343 e. The Hall–Kier alpha value is -4.73. The Morgan fingerprint density at radius 3 is 2.16 bits per heavy atom. The summed E-state index contributed by atoms with van der Waals surface area (Å²) in [6.07, 6.45) is 1.44. The van der Waals surface area contributed by atoms with Gasteiger partial charge < -0.3 is 28.4 Å². The van der Waals surface area contributed by atoms with Crippen LogP contribution in [0.1, 0.15) is 22.8 Å². The highest BCUT2D eigenvalue weighted by atomic mass is 16.6. The van der Waals surface area contributed by atoms with Gasteiger partial charge in [0.1, 0.15) is 5.75 Å². The number of benzene rings is 3. The van der Waals surface area contributed by atoms with Crippen LogP contribution in [-0.2, 0) is 4.79 Å². The number of nitrogens with one attached hydrogen (secondary N) is 1. The zero-order valence-corrected chi connectivity index (χ0v) is 21.0. The summed E-state index contributed by atoms with van der Waals surface area (Å²) in [5.41, 5.74) is 3.21. The van der Waals surface area contributed by atoms with Gasteiger partial charge in [-0.2, -0.15) is 5.10 Å². The van der Waals surface area contributed by atoms with E-state index in [1.54, 1.807) is 37.3 Å². The lowest BCUT2D eigenvalue weighted by Gasteiger charge is -2.15. The number of hydrazone groups is 1. The van der Waals surface area contributed by atoms with E-state index >= 15 is 0 Å². The van der Waals surface area contributed by atoms with Crippen molar-refractivity contribution in [2.45, 2.75) is 6.92 Å². The van der Waals surface area contributed by atoms with Crippen molar-refractivity contribution in [1.82, 2.24) is 5.43 Å². The Labute approximate surface area is 214 Å². The first-order chi connectivity index (χ1) is 18.0. The lowest BCUT2D eigenvalue weighted by atomic mass is 10.1. The molecule has 3 aromatic carbocycles. The molecule has 3 aromatic rings. The normalized spacial score (nSPS) is 10.5. The summed E-state index contributed by atoms with van der Waals surface area (Å²) in [4.78, 5) is 24.8. The molecule has 10 heteroatoms. The number of ether oxygens (including phenoxy) is 6. The molecular formula is C27H28N2O8. The van der Waals surface area contributed by atoms with Crippen LogP contribution in [0.5, 0.6) is 34.5 Å². The third-order valence-corrected chi connectivity index (χ3v) is 4.89. The Kier molecular flexibility index (Phi) is 9.72. The highest BCUT2D eigenvalue weighted by molar-refractivity contribution is 5.93. The monoisotopic (exact) mass is 508 g/mol. The van der Waals surface area contributed by atoms with E-state index in [-0.39, 0.29) is 17.9 Å². The zero-order valence-electron chi connectivity index (χ0n) is 21.0. The molecule has 0 unspecified atom stereocenters. The third kappa shape index (κ3) is 7.38. The number of nitrogens with zero attached hydrogens (tertiary/aromatic N) is 1.